The number of pyridine rings is 1. The van der Waals surface area contributed by atoms with Crippen LogP contribution in [0.2, 0.25) is 5.02 Å². The van der Waals surface area contributed by atoms with Gasteiger partial charge in [-0.15, -0.1) is 4.59 Å². The van der Waals surface area contributed by atoms with Crippen LogP contribution in [0.4, 0.5) is 0 Å². The molecular weight excluding hydrogens is 406 g/mol. The van der Waals surface area contributed by atoms with E-state index in [1.165, 1.54) is 0 Å². The number of nitrogens with two attached hydrogens (primary N) is 1. The van der Waals surface area contributed by atoms with Crippen molar-refractivity contribution in [1.82, 2.24) is 4.98 Å². The number of allylic oxidation sites excluding steroid dienone is 4. The van der Waals surface area contributed by atoms with E-state index in [9.17, 15) is 0 Å². The molecule has 3 heterocycles. The summed E-state index contributed by atoms with van der Waals surface area (Å²) in [5.74, 6) is 7.46. The van der Waals surface area contributed by atoms with Crippen LogP contribution >= 0.6 is 11.6 Å². The second-order valence-corrected chi connectivity index (χ2v) is 7.92. The Bertz CT molecular complexity index is 1440. The minimum Gasteiger partial charge on any atom is -0.253 e. The Balaban J connectivity index is 1.52. The fourth-order valence-electron chi connectivity index (χ4n) is 3.96. The van der Waals surface area contributed by atoms with Crippen molar-refractivity contribution in [3.05, 3.63) is 113 Å². The molecule has 5 nitrogen and oxygen atoms in total. The zero-order valence-corrected chi connectivity index (χ0v) is 17.1. The van der Waals surface area contributed by atoms with E-state index < -0.39 is 0 Å². The Morgan fingerprint density at radius 1 is 1.06 bits per heavy atom. The average molecular weight is 422 g/mol. The average Bonchev–Trinajstić information content (AvgIpc) is 3.05. The van der Waals surface area contributed by atoms with E-state index in [0.29, 0.717) is 10.9 Å². The van der Waals surface area contributed by atoms with Gasteiger partial charge in [-0.1, -0.05) is 60.2 Å². The number of amidine groups is 1. The maximum Gasteiger partial charge on any atom is 0.266 e. The van der Waals surface area contributed by atoms with Gasteiger partial charge in [0.25, 0.3) is 5.84 Å². The lowest BCUT2D eigenvalue weighted by atomic mass is 10.0. The van der Waals surface area contributed by atoms with E-state index in [1.54, 1.807) is 12.4 Å². The summed E-state index contributed by atoms with van der Waals surface area (Å²) in [7, 11) is 0. The Hall–Kier alpha value is -3.64. The molecule has 6 heteroatoms. The van der Waals surface area contributed by atoms with Gasteiger partial charge in [0, 0.05) is 16.5 Å². The summed E-state index contributed by atoms with van der Waals surface area (Å²) in [6.45, 7) is 0. The molecule has 1 radical (unpaired) electrons. The van der Waals surface area contributed by atoms with E-state index in [2.05, 4.69) is 11.1 Å². The third-order valence-electron chi connectivity index (χ3n) is 5.65. The summed E-state index contributed by atoms with van der Waals surface area (Å²) >= 11 is 6.73. The van der Waals surface area contributed by atoms with Gasteiger partial charge in [0.2, 0.25) is 5.70 Å². The summed E-state index contributed by atoms with van der Waals surface area (Å²) in [4.78, 5) is 14.1. The Labute approximate surface area is 184 Å². The molecular formula is C25H16ClN5+. The van der Waals surface area contributed by atoms with Gasteiger partial charge in [0.05, 0.1) is 34.2 Å². The zero-order chi connectivity index (χ0) is 21.0. The molecule has 0 fully saturated rings. The van der Waals surface area contributed by atoms with Gasteiger partial charge in [-0.3, -0.25) is 4.99 Å². The lowest BCUT2D eigenvalue weighted by molar-refractivity contribution is -0.750. The number of hydrogen-bond donors (Lipinski definition) is 1. The second-order valence-electron chi connectivity index (χ2n) is 7.51. The van der Waals surface area contributed by atoms with Crippen molar-refractivity contribution in [1.29, 1.82) is 0 Å². The summed E-state index contributed by atoms with van der Waals surface area (Å²) in [6.07, 6.45) is 11.3. The van der Waals surface area contributed by atoms with Crippen molar-refractivity contribution < 1.29 is 4.59 Å². The second kappa shape index (κ2) is 6.68. The van der Waals surface area contributed by atoms with Crippen molar-refractivity contribution in [2.24, 2.45) is 15.8 Å². The molecule has 31 heavy (non-hydrogen) atoms. The molecule has 2 N–H and O–H groups in total. The third-order valence-corrected chi connectivity index (χ3v) is 5.96. The molecule has 0 bridgehead atoms. The Morgan fingerprint density at radius 2 is 1.90 bits per heavy atom. The fraction of sp³-hybridized carbons (Fsp3) is 0. The lowest BCUT2D eigenvalue weighted by Crippen LogP contribution is -2.53. The molecule has 3 aliphatic rings. The molecule has 1 atom stereocenters. The SMILES string of the molecule is N[N+]12C=CN=CC1=C(C1=CC=C1)N=C2c1cc2nc(-c3cc[c]cc3)ccc2cc1Cl. The van der Waals surface area contributed by atoms with Gasteiger partial charge < -0.3 is 0 Å². The number of aromatic nitrogens is 1. The van der Waals surface area contributed by atoms with Crippen LogP contribution in [0.1, 0.15) is 5.56 Å². The highest BCUT2D eigenvalue weighted by Gasteiger charge is 2.45. The first-order valence-electron chi connectivity index (χ1n) is 9.82. The third kappa shape index (κ3) is 2.75. The molecule has 6 rings (SSSR count). The number of hydrogen-bond acceptors (Lipinski definition) is 4. The van der Waals surface area contributed by atoms with Crippen LogP contribution in [0.3, 0.4) is 0 Å². The number of fused-ring (bicyclic) bond motifs is 2. The molecule has 1 unspecified atom stereocenters. The molecule has 0 saturated heterocycles. The lowest BCUT2D eigenvalue weighted by Gasteiger charge is -2.26. The van der Waals surface area contributed by atoms with Crippen LogP contribution in [0, 0.1) is 6.07 Å². The van der Waals surface area contributed by atoms with Gasteiger partial charge >= 0.3 is 0 Å². The van der Waals surface area contributed by atoms with Gasteiger partial charge in [-0.2, -0.15) is 10.8 Å². The Morgan fingerprint density at radius 3 is 2.68 bits per heavy atom. The smallest absolute Gasteiger partial charge is 0.253 e. The van der Waals surface area contributed by atoms with Crippen molar-refractivity contribution >= 4 is 34.6 Å². The predicted octanol–water partition coefficient (Wildman–Crippen LogP) is 5.07. The topological polar surface area (TPSA) is 63.6 Å². The molecule has 0 saturated carbocycles. The van der Waals surface area contributed by atoms with E-state index in [-0.39, 0.29) is 4.59 Å². The first kappa shape index (κ1) is 18.2. The predicted molar refractivity (Wildman–Crippen MR) is 124 cm³/mol. The monoisotopic (exact) mass is 421 g/mol. The minimum atomic E-state index is -0.0799. The van der Waals surface area contributed by atoms with Crippen molar-refractivity contribution in [2.45, 2.75) is 0 Å². The largest absolute Gasteiger partial charge is 0.266 e. The highest BCUT2D eigenvalue weighted by atomic mass is 35.5. The van der Waals surface area contributed by atoms with E-state index in [0.717, 1.165) is 44.7 Å². The zero-order valence-electron chi connectivity index (χ0n) is 16.3. The number of benzene rings is 2. The standard InChI is InChI=1S/C25H16ClN5/c26-20-13-18-9-10-21(16-5-2-1-3-6-16)29-22(18)14-19(20)25-30-24(17-7-4-8-17)23-15-28-11-12-31(23,25)27/h2-15H,27H2/q+1. The molecule has 0 amide bonds. The molecule has 2 aromatic carbocycles. The maximum absolute atomic E-state index is 6.82. The summed E-state index contributed by atoms with van der Waals surface area (Å²) in [5, 5.41) is 1.53. The highest BCUT2D eigenvalue weighted by Crippen LogP contribution is 2.38. The molecule has 2 aliphatic heterocycles. The van der Waals surface area contributed by atoms with Crippen LogP contribution in [0.5, 0.6) is 0 Å². The van der Waals surface area contributed by atoms with Gasteiger partial charge in [-0.05, 0) is 24.3 Å². The van der Waals surface area contributed by atoms with Gasteiger partial charge in [0.1, 0.15) is 11.9 Å². The van der Waals surface area contributed by atoms with Gasteiger partial charge in [-0.25, -0.2) is 4.98 Å². The first-order chi connectivity index (χ1) is 15.1. The van der Waals surface area contributed by atoms with E-state index in [1.807, 2.05) is 73.0 Å². The first-order valence-corrected chi connectivity index (χ1v) is 10.2. The van der Waals surface area contributed by atoms with Crippen molar-refractivity contribution in [3.8, 4) is 11.3 Å². The molecule has 3 aromatic rings. The summed E-state index contributed by atoms with van der Waals surface area (Å²) < 4.78 is -0.0799. The van der Waals surface area contributed by atoms with E-state index >= 15 is 0 Å². The van der Waals surface area contributed by atoms with Crippen LogP contribution < -0.4 is 5.84 Å². The van der Waals surface area contributed by atoms with Crippen LogP contribution in [0.25, 0.3) is 22.2 Å². The summed E-state index contributed by atoms with van der Waals surface area (Å²) in [5.41, 5.74) is 6.14. The molecule has 1 aliphatic carbocycles. The highest BCUT2D eigenvalue weighted by molar-refractivity contribution is 6.34. The maximum atomic E-state index is 6.82. The molecule has 147 valence electrons. The van der Waals surface area contributed by atoms with Crippen molar-refractivity contribution in [3.63, 3.8) is 0 Å². The summed E-state index contributed by atoms with van der Waals surface area (Å²) in [6, 6.07) is 18.7. The van der Waals surface area contributed by atoms with Crippen molar-refractivity contribution in [2.75, 3.05) is 0 Å². The van der Waals surface area contributed by atoms with Gasteiger partial charge in [0.15, 0.2) is 0 Å². The van der Waals surface area contributed by atoms with Crippen LogP contribution in [0.15, 0.2) is 106 Å². The number of aliphatic imine (C=N–C) groups is 2. The number of quaternary nitrogens is 1. The van der Waals surface area contributed by atoms with E-state index in [4.69, 9.17) is 27.4 Å². The minimum absolute atomic E-state index is 0.0799. The number of halogens is 1. The normalized spacial score (nSPS) is 21.2. The molecule has 0 spiro atoms. The molecule has 1 aromatic heterocycles. The Kier molecular flexibility index (Phi) is 3.91. The number of rotatable bonds is 3. The quantitative estimate of drug-likeness (QED) is 0.474. The van der Waals surface area contributed by atoms with Crippen LogP contribution in [-0.2, 0) is 0 Å². The fourth-order valence-corrected chi connectivity index (χ4v) is 4.21. The van der Waals surface area contributed by atoms with Crippen LogP contribution in [-0.4, -0.2) is 21.6 Å². The number of nitrogens with zero attached hydrogens (tertiary/aromatic N) is 4.